The van der Waals surface area contributed by atoms with Crippen LogP contribution in [0.2, 0.25) is 0 Å². The van der Waals surface area contributed by atoms with Gasteiger partial charge >= 0.3 is 0 Å². The molecule has 1 N–H and O–H groups in total. The van der Waals surface area contributed by atoms with Gasteiger partial charge in [0.1, 0.15) is 18.2 Å². The summed E-state index contributed by atoms with van der Waals surface area (Å²) >= 11 is 0. The van der Waals surface area contributed by atoms with E-state index in [1.807, 2.05) is 0 Å². The van der Waals surface area contributed by atoms with Gasteiger partial charge in [0.25, 0.3) is 0 Å². The Hall–Kier alpha value is -2.83. The zero-order chi connectivity index (χ0) is 17.6. The quantitative estimate of drug-likeness (QED) is 0.926. The summed E-state index contributed by atoms with van der Waals surface area (Å²) in [6, 6.07) is 5.05. The van der Waals surface area contributed by atoms with E-state index in [9.17, 15) is 18.4 Å². The second-order valence-corrected chi connectivity index (χ2v) is 6.35. The number of fused-ring (bicyclic) bond motifs is 1. The molecule has 4 rings (SSSR count). The van der Waals surface area contributed by atoms with Crippen LogP contribution in [0.1, 0.15) is 18.5 Å². The third kappa shape index (κ3) is 3.22. The number of anilines is 1. The van der Waals surface area contributed by atoms with Crippen LogP contribution in [0.4, 0.5) is 14.5 Å². The van der Waals surface area contributed by atoms with E-state index in [0.29, 0.717) is 22.5 Å². The maximum absolute atomic E-state index is 13.4. The third-order valence-corrected chi connectivity index (χ3v) is 4.30. The molecule has 1 aromatic carbocycles. The Morgan fingerprint density at radius 1 is 1.16 bits per heavy atom. The van der Waals surface area contributed by atoms with E-state index in [1.165, 1.54) is 23.2 Å². The number of nitrogens with zero attached hydrogens (tertiary/aromatic N) is 2. The van der Waals surface area contributed by atoms with E-state index >= 15 is 0 Å². The lowest BCUT2D eigenvalue weighted by Gasteiger charge is -2.17. The van der Waals surface area contributed by atoms with Crippen LogP contribution in [-0.2, 0) is 16.0 Å². The predicted molar refractivity (Wildman–Crippen MR) is 86.8 cm³/mol. The highest BCUT2D eigenvalue weighted by atomic mass is 19.1. The molecule has 1 saturated carbocycles. The monoisotopic (exact) mass is 343 g/mol. The molecule has 5 nitrogen and oxygen atoms in total. The number of amides is 2. The number of benzene rings is 1. The molecule has 0 radical (unpaired) electrons. The fraction of sp³-hybridized carbons (Fsp3) is 0.278. The van der Waals surface area contributed by atoms with Gasteiger partial charge < -0.3 is 10.2 Å². The molecular formula is C18H15F2N3O2. The summed E-state index contributed by atoms with van der Waals surface area (Å²) in [6.45, 7) is -0.0784. The minimum Gasteiger partial charge on any atom is -0.352 e. The second-order valence-electron chi connectivity index (χ2n) is 6.35. The minimum atomic E-state index is -0.688. The van der Waals surface area contributed by atoms with Gasteiger partial charge in [0.2, 0.25) is 11.8 Å². The summed E-state index contributed by atoms with van der Waals surface area (Å²) in [5, 5.41) is 2.84. The molecule has 1 aliphatic heterocycles. The van der Waals surface area contributed by atoms with E-state index < -0.39 is 11.6 Å². The van der Waals surface area contributed by atoms with Crippen molar-refractivity contribution in [1.29, 1.82) is 0 Å². The second kappa shape index (κ2) is 5.91. The van der Waals surface area contributed by atoms with E-state index in [1.54, 1.807) is 6.07 Å². The Balaban J connectivity index is 1.64. The number of hydrogen-bond acceptors (Lipinski definition) is 3. The first-order chi connectivity index (χ1) is 12.0. The highest BCUT2D eigenvalue weighted by Gasteiger charge is 2.32. The molecule has 2 heterocycles. The first-order valence-corrected chi connectivity index (χ1v) is 8.05. The topological polar surface area (TPSA) is 62.3 Å². The van der Waals surface area contributed by atoms with Gasteiger partial charge in [0, 0.05) is 23.9 Å². The molecule has 2 amide bonds. The Kier molecular flexibility index (Phi) is 3.71. The summed E-state index contributed by atoms with van der Waals surface area (Å²) in [6.07, 6.45) is 3.53. The average molecular weight is 343 g/mol. The SMILES string of the molecule is O=C(CN1C(=O)Cc2ncc(-c3cc(F)cc(F)c3)cc21)NC1CC1. The lowest BCUT2D eigenvalue weighted by molar-refractivity contribution is -0.123. The third-order valence-electron chi connectivity index (χ3n) is 4.30. The van der Waals surface area contributed by atoms with Gasteiger partial charge in [0.15, 0.2) is 0 Å². The van der Waals surface area contributed by atoms with E-state index in [-0.39, 0.29) is 30.8 Å². The summed E-state index contributed by atoms with van der Waals surface area (Å²) in [7, 11) is 0. The van der Waals surface area contributed by atoms with Gasteiger partial charge in [-0.25, -0.2) is 8.78 Å². The van der Waals surface area contributed by atoms with Gasteiger partial charge in [-0.15, -0.1) is 0 Å². The molecule has 0 atom stereocenters. The van der Waals surface area contributed by atoms with Crippen LogP contribution in [0.5, 0.6) is 0 Å². The minimum absolute atomic E-state index is 0.0784. The highest BCUT2D eigenvalue weighted by molar-refractivity contribution is 6.05. The molecule has 0 saturated heterocycles. The molecule has 128 valence electrons. The van der Waals surface area contributed by atoms with Crippen molar-refractivity contribution in [2.45, 2.75) is 25.3 Å². The van der Waals surface area contributed by atoms with Crippen molar-refractivity contribution in [2.75, 3.05) is 11.4 Å². The van der Waals surface area contributed by atoms with Crippen LogP contribution in [-0.4, -0.2) is 29.4 Å². The molecule has 1 fully saturated rings. The van der Waals surface area contributed by atoms with Gasteiger partial charge in [-0.2, -0.15) is 0 Å². The maximum atomic E-state index is 13.4. The molecule has 2 aromatic rings. The first kappa shape index (κ1) is 15.7. The lowest BCUT2D eigenvalue weighted by atomic mass is 10.1. The van der Waals surface area contributed by atoms with Gasteiger partial charge in [-0.3, -0.25) is 14.6 Å². The highest BCUT2D eigenvalue weighted by Crippen LogP contribution is 2.32. The Bertz CT molecular complexity index is 860. The number of rotatable bonds is 4. The molecule has 25 heavy (non-hydrogen) atoms. The van der Waals surface area contributed by atoms with Crippen LogP contribution < -0.4 is 10.2 Å². The van der Waals surface area contributed by atoms with Crippen LogP contribution in [0.3, 0.4) is 0 Å². The number of carbonyl (C=O) groups is 2. The van der Waals surface area contributed by atoms with Crippen molar-refractivity contribution >= 4 is 17.5 Å². The van der Waals surface area contributed by atoms with E-state index in [4.69, 9.17) is 0 Å². The van der Waals surface area contributed by atoms with Crippen LogP contribution in [0, 0.1) is 11.6 Å². The van der Waals surface area contributed by atoms with Crippen molar-refractivity contribution in [3.05, 3.63) is 47.8 Å². The van der Waals surface area contributed by atoms with Crippen molar-refractivity contribution in [3.63, 3.8) is 0 Å². The van der Waals surface area contributed by atoms with E-state index in [0.717, 1.165) is 18.9 Å². The fourth-order valence-electron chi connectivity index (χ4n) is 2.92. The van der Waals surface area contributed by atoms with Crippen molar-refractivity contribution in [3.8, 4) is 11.1 Å². The maximum Gasteiger partial charge on any atom is 0.240 e. The number of pyridine rings is 1. The zero-order valence-electron chi connectivity index (χ0n) is 13.3. The molecule has 0 unspecified atom stereocenters. The van der Waals surface area contributed by atoms with Crippen LogP contribution in [0.25, 0.3) is 11.1 Å². The first-order valence-electron chi connectivity index (χ1n) is 8.05. The number of aromatic nitrogens is 1. The van der Waals surface area contributed by atoms with E-state index in [2.05, 4.69) is 10.3 Å². The Morgan fingerprint density at radius 2 is 1.88 bits per heavy atom. The molecule has 1 aromatic heterocycles. The van der Waals surface area contributed by atoms with Crippen molar-refractivity contribution in [2.24, 2.45) is 0 Å². The summed E-state index contributed by atoms with van der Waals surface area (Å²) < 4.78 is 26.9. The summed E-state index contributed by atoms with van der Waals surface area (Å²) in [4.78, 5) is 29.8. The zero-order valence-corrected chi connectivity index (χ0v) is 13.3. The van der Waals surface area contributed by atoms with Gasteiger partial charge in [-0.1, -0.05) is 0 Å². The predicted octanol–water partition coefficient (Wildman–Crippen LogP) is 2.19. The fourth-order valence-corrected chi connectivity index (χ4v) is 2.92. The number of hydrogen-bond donors (Lipinski definition) is 1. The summed E-state index contributed by atoms with van der Waals surface area (Å²) in [5.41, 5.74) is 1.89. The van der Waals surface area contributed by atoms with Gasteiger partial charge in [-0.05, 0) is 36.6 Å². The largest absolute Gasteiger partial charge is 0.352 e. The van der Waals surface area contributed by atoms with Crippen molar-refractivity contribution < 1.29 is 18.4 Å². The molecule has 7 heteroatoms. The van der Waals surface area contributed by atoms with Crippen LogP contribution >= 0.6 is 0 Å². The number of halogens is 2. The lowest BCUT2D eigenvalue weighted by Crippen LogP contribution is -2.39. The van der Waals surface area contributed by atoms with Gasteiger partial charge in [0.05, 0.1) is 17.8 Å². The normalized spacial score (nSPS) is 16.1. The molecular weight excluding hydrogens is 328 g/mol. The average Bonchev–Trinajstić information content (AvgIpc) is 3.30. The molecule has 0 bridgehead atoms. The smallest absolute Gasteiger partial charge is 0.240 e. The van der Waals surface area contributed by atoms with Crippen molar-refractivity contribution in [1.82, 2.24) is 10.3 Å². The van der Waals surface area contributed by atoms with Crippen LogP contribution in [0.15, 0.2) is 30.5 Å². The molecule has 1 aliphatic carbocycles. The molecule has 2 aliphatic rings. The number of nitrogens with one attached hydrogen (secondary N) is 1. The molecule has 0 spiro atoms. The Morgan fingerprint density at radius 3 is 2.56 bits per heavy atom. The standard InChI is InChI=1S/C18H15F2N3O2/c19-12-3-10(4-13(20)6-12)11-5-16-15(21-8-11)7-18(25)23(16)9-17(24)22-14-1-2-14/h3-6,8,14H,1-2,7,9H2,(H,22,24). The summed E-state index contributed by atoms with van der Waals surface area (Å²) in [5.74, 6) is -1.80. The Labute approximate surface area is 142 Å². The number of carbonyl (C=O) groups excluding carboxylic acids is 2.